The Kier molecular flexibility index (Phi) is 2.68. The van der Waals surface area contributed by atoms with Gasteiger partial charge in [-0.25, -0.2) is 0 Å². The molecule has 0 aliphatic carbocycles. The Bertz CT molecular complexity index is 214. The van der Waals surface area contributed by atoms with E-state index in [9.17, 15) is 0 Å². The standard InChI is InChI=1S/C8H14N4O/c9-11-10-7-4-12(5-7)6-8-2-1-3-13-8/h7-8H,1-6H2. The fourth-order valence-corrected chi connectivity index (χ4v) is 1.91. The van der Waals surface area contributed by atoms with Gasteiger partial charge in [-0.1, -0.05) is 5.11 Å². The molecular weight excluding hydrogens is 168 g/mol. The topological polar surface area (TPSA) is 61.2 Å². The van der Waals surface area contributed by atoms with E-state index in [0.29, 0.717) is 6.10 Å². The van der Waals surface area contributed by atoms with Gasteiger partial charge in [-0.15, -0.1) is 0 Å². The van der Waals surface area contributed by atoms with Crippen LogP contribution in [0.1, 0.15) is 12.8 Å². The Morgan fingerprint density at radius 1 is 1.54 bits per heavy atom. The highest BCUT2D eigenvalue weighted by molar-refractivity contribution is 4.87. The minimum Gasteiger partial charge on any atom is -0.377 e. The van der Waals surface area contributed by atoms with E-state index in [1.165, 1.54) is 12.8 Å². The summed E-state index contributed by atoms with van der Waals surface area (Å²) in [6.45, 7) is 3.74. The van der Waals surface area contributed by atoms with Crippen LogP contribution in [0.3, 0.4) is 0 Å². The Morgan fingerprint density at radius 2 is 2.38 bits per heavy atom. The van der Waals surface area contributed by atoms with Crippen LogP contribution in [-0.2, 0) is 4.74 Å². The van der Waals surface area contributed by atoms with Gasteiger partial charge in [0.25, 0.3) is 0 Å². The molecule has 0 N–H and O–H groups in total. The Labute approximate surface area is 77.3 Å². The molecule has 0 saturated carbocycles. The SMILES string of the molecule is [N-]=[N+]=NC1CN(CC2CCCO2)C1. The van der Waals surface area contributed by atoms with Crippen molar-refractivity contribution in [2.24, 2.45) is 5.11 Å². The van der Waals surface area contributed by atoms with E-state index < -0.39 is 0 Å². The van der Waals surface area contributed by atoms with E-state index in [0.717, 1.165) is 26.2 Å². The molecule has 2 saturated heterocycles. The van der Waals surface area contributed by atoms with Crippen molar-refractivity contribution in [2.75, 3.05) is 26.2 Å². The molecule has 2 heterocycles. The summed E-state index contributed by atoms with van der Waals surface area (Å²) in [7, 11) is 0. The fraction of sp³-hybridized carbons (Fsp3) is 1.00. The van der Waals surface area contributed by atoms with Gasteiger partial charge in [-0.05, 0) is 18.4 Å². The summed E-state index contributed by atoms with van der Waals surface area (Å²) in [6.07, 6.45) is 2.80. The number of rotatable bonds is 3. The number of likely N-dealkylation sites (tertiary alicyclic amines) is 1. The van der Waals surface area contributed by atoms with Gasteiger partial charge in [0.1, 0.15) is 0 Å². The van der Waals surface area contributed by atoms with E-state index in [1.807, 2.05) is 0 Å². The summed E-state index contributed by atoms with van der Waals surface area (Å²) in [5.74, 6) is 0. The molecule has 0 spiro atoms. The monoisotopic (exact) mass is 182 g/mol. The predicted molar refractivity (Wildman–Crippen MR) is 48.3 cm³/mol. The molecule has 2 fully saturated rings. The highest BCUT2D eigenvalue weighted by Gasteiger charge is 2.28. The van der Waals surface area contributed by atoms with Gasteiger partial charge in [-0.3, -0.25) is 4.90 Å². The van der Waals surface area contributed by atoms with Gasteiger partial charge in [0.2, 0.25) is 0 Å². The molecule has 13 heavy (non-hydrogen) atoms. The number of hydrogen-bond acceptors (Lipinski definition) is 3. The molecule has 0 aromatic carbocycles. The molecule has 2 aliphatic rings. The molecule has 5 nitrogen and oxygen atoms in total. The van der Waals surface area contributed by atoms with Crippen molar-refractivity contribution in [3.8, 4) is 0 Å². The largest absolute Gasteiger partial charge is 0.377 e. The second-order valence-electron chi connectivity index (χ2n) is 3.71. The first-order valence-corrected chi connectivity index (χ1v) is 4.76. The third-order valence-electron chi connectivity index (χ3n) is 2.64. The lowest BCUT2D eigenvalue weighted by Gasteiger charge is -2.37. The molecule has 1 unspecified atom stereocenters. The molecule has 0 amide bonds. The van der Waals surface area contributed by atoms with E-state index in [4.69, 9.17) is 10.3 Å². The second-order valence-corrected chi connectivity index (χ2v) is 3.71. The van der Waals surface area contributed by atoms with Gasteiger partial charge >= 0.3 is 0 Å². The van der Waals surface area contributed by atoms with E-state index in [2.05, 4.69) is 14.9 Å². The van der Waals surface area contributed by atoms with Crippen molar-refractivity contribution in [3.05, 3.63) is 10.4 Å². The summed E-state index contributed by atoms with van der Waals surface area (Å²) < 4.78 is 5.51. The first kappa shape index (κ1) is 8.81. The van der Waals surface area contributed by atoms with Gasteiger partial charge in [0, 0.05) is 31.2 Å². The van der Waals surface area contributed by atoms with Crippen LogP contribution in [0.2, 0.25) is 0 Å². The van der Waals surface area contributed by atoms with Crippen molar-refractivity contribution in [3.63, 3.8) is 0 Å². The van der Waals surface area contributed by atoms with E-state index in [-0.39, 0.29) is 6.04 Å². The predicted octanol–water partition coefficient (Wildman–Crippen LogP) is 1.16. The van der Waals surface area contributed by atoms with Crippen LogP contribution in [0.15, 0.2) is 5.11 Å². The summed E-state index contributed by atoms with van der Waals surface area (Å²) in [5.41, 5.74) is 8.19. The average molecular weight is 182 g/mol. The molecule has 0 radical (unpaired) electrons. The van der Waals surface area contributed by atoms with Crippen LogP contribution in [0, 0.1) is 0 Å². The van der Waals surface area contributed by atoms with Crippen LogP contribution < -0.4 is 0 Å². The summed E-state index contributed by atoms with van der Waals surface area (Å²) >= 11 is 0. The lowest BCUT2D eigenvalue weighted by Crippen LogP contribution is -2.52. The molecular formula is C8H14N4O. The van der Waals surface area contributed by atoms with Crippen LogP contribution in [0.4, 0.5) is 0 Å². The maximum atomic E-state index is 8.19. The van der Waals surface area contributed by atoms with Crippen molar-refractivity contribution in [2.45, 2.75) is 25.0 Å². The fourth-order valence-electron chi connectivity index (χ4n) is 1.91. The zero-order chi connectivity index (χ0) is 9.10. The molecule has 5 heteroatoms. The number of ether oxygens (including phenoxy) is 1. The molecule has 1 atom stereocenters. The smallest absolute Gasteiger partial charge is 0.0702 e. The highest BCUT2D eigenvalue weighted by atomic mass is 16.5. The molecule has 72 valence electrons. The Morgan fingerprint density at radius 3 is 3.00 bits per heavy atom. The molecule has 0 bridgehead atoms. The second kappa shape index (κ2) is 3.96. The first-order chi connectivity index (χ1) is 6.38. The van der Waals surface area contributed by atoms with Crippen LogP contribution in [-0.4, -0.2) is 43.3 Å². The van der Waals surface area contributed by atoms with Crippen molar-refractivity contribution < 1.29 is 4.74 Å². The first-order valence-electron chi connectivity index (χ1n) is 4.76. The Hall–Kier alpha value is -0.770. The lowest BCUT2D eigenvalue weighted by atomic mass is 10.1. The van der Waals surface area contributed by atoms with Crippen LogP contribution >= 0.6 is 0 Å². The average Bonchev–Trinajstić information content (AvgIpc) is 2.53. The maximum absolute atomic E-state index is 8.19. The molecule has 0 aromatic heterocycles. The molecule has 0 aromatic rings. The van der Waals surface area contributed by atoms with E-state index >= 15 is 0 Å². The third kappa shape index (κ3) is 2.12. The zero-order valence-corrected chi connectivity index (χ0v) is 7.59. The lowest BCUT2D eigenvalue weighted by molar-refractivity contribution is 0.0434. The summed E-state index contributed by atoms with van der Waals surface area (Å²) in [4.78, 5) is 5.08. The van der Waals surface area contributed by atoms with Gasteiger partial charge in [-0.2, -0.15) is 0 Å². The quantitative estimate of drug-likeness (QED) is 0.373. The summed E-state index contributed by atoms with van der Waals surface area (Å²) in [5, 5.41) is 3.65. The van der Waals surface area contributed by atoms with Crippen molar-refractivity contribution in [1.29, 1.82) is 0 Å². The molecule has 2 rings (SSSR count). The van der Waals surface area contributed by atoms with Crippen LogP contribution in [0.25, 0.3) is 10.4 Å². The number of nitrogens with zero attached hydrogens (tertiary/aromatic N) is 4. The number of hydrogen-bond donors (Lipinski definition) is 0. The van der Waals surface area contributed by atoms with Crippen LogP contribution in [0.5, 0.6) is 0 Å². The van der Waals surface area contributed by atoms with Crippen molar-refractivity contribution in [1.82, 2.24) is 4.90 Å². The van der Waals surface area contributed by atoms with E-state index in [1.54, 1.807) is 0 Å². The maximum Gasteiger partial charge on any atom is 0.0702 e. The molecule has 2 aliphatic heterocycles. The van der Waals surface area contributed by atoms with Crippen molar-refractivity contribution >= 4 is 0 Å². The van der Waals surface area contributed by atoms with Gasteiger partial charge < -0.3 is 4.74 Å². The Balaban J connectivity index is 1.66. The summed E-state index contributed by atoms with van der Waals surface area (Å²) in [6, 6.07) is 0.200. The van der Waals surface area contributed by atoms with Gasteiger partial charge in [0.15, 0.2) is 0 Å². The number of azide groups is 1. The minimum atomic E-state index is 0.200. The highest BCUT2D eigenvalue weighted by Crippen LogP contribution is 2.18. The van der Waals surface area contributed by atoms with Gasteiger partial charge in [0.05, 0.1) is 12.1 Å². The zero-order valence-electron chi connectivity index (χ0n) is 7.59. The minimum absolute atomic E-state index is 0.200. The third-order valence-corrected chi connectivity index (χ3v) is 2.64. The normalized spacial score (nSPS) is 29.7.